The number of allylic oxidation sites excluding steroid dienone is 1. The Bertz CT molecular complexity index is 1980. The monoisotopic (exact) mass is 590 g/mol. The average Bonchev–Trinajstić information content (AvgIpc) is 3.32. The number of furan rings is 1. The van der Waals surface area contributed by atoms with E-state index >= 15 is 0 Å². The van der Waals surface area contributed by atoms with Crippen LogP contribution in [0.15, 0.2) is 94.7 Å². The van der Waals surface area contributed by atoms with Crippen LogP contribution in [0.25, 0.3) is 11.0 Å². The number of carbonyl (C=O) groups excluding carboxylic acids is 1. The van der Waals surface area contributed by atoms with Crippen molar-refractivity contribution in [3.05, 3.63) is 134 Å². The highest BCUT2D eigenvalue weighted by Gasteiger charge is 2.32. The zero-order valence-corrected chi connectivity index (χ0v) is 24.5. The van der Waals surface area contributed by atoms with E-state index in [2.05, 4.69) is 6.07 Å². The van der Waals surface area contributed by atoms with E-state index in [1.54, 1.807) is 18.2 Å². The summed E-state index contributed by atoms with van der Waals surface area (Å²) in [7, 11) is 0. The summed E-state index contributed by atoms with van der Waals surface area (Å²) in [4.78, 5) is 13.2. The van der Waals surface area contributed by atoms with Crippen molar-refractivity contribution < 1.29 is 23.4 Å². The van der Waals surface area contributed by atoms with Crippen molar-refractivity contribution in [3.63, 3.8) is 0 Å². The molecule has 0 saturated carbocycles. The van der Waals surface area contributed by atoms with Gasteiger partial charge in [-0.2, -0.15) is 5.26 Å². The molecule has 1 unspecified atom stereocenters. The van der Waals surface area contributed by atoms with Crippen molar-refractivity contribution in [1.29, 1.82) is 5.26 Å². The van der Waals surface area contributed by atoms with E-state index in [0.717, 1.165) is 27.6 Å². The van der Waals surface area contributed by atoms with Gasteiger partial charge in [0.05, 0.1) is 5.92 Å². The summed E-state index contributed by atoms with van der Waals surface area (Å²) in [5.74, 6) is 0.208. The van der Waals surface area contributed by atoms with Gasteiger partial charge in [-0.3, -0.25) is 0 Å². The van der Waals surface area contributed by atoms with Crippen LogP contribution in [0.5, 0.6) is 17.2 Å². The van der Waals surface area contributed by atoms with Gasteiger partial charge in [0.1, 0.15) is 41.1 Å². The van der Waals surface area contributed by atoms with Gasteiger partial charge in [0.15, 0.2) is 0 Å². The first-order valence-corrected chi connectivity index (χ1v) is 14.0. The molecule has 1 atom stereocenters. The van der Waals surface area contributed by atoms with E-state index in [9.17, 15) is 10.1 Å². The topological polar surface area (TPSA) is 108 Å². The largest absolute Gasteiger partial charge is 0.489 e. The number of rotatable bonds is 6. The molecular weight excluding hydrogens is 564 g/mol. The number of nitriles is 1. The third-order valence-electron chi connectivity index (χ3n) is 7.50. The lowest BCUT2D eigenvalue weighted by Crippen LogP contribution is -2.21. The molecule has 2 heterocycles. The van der Waals surface area contributed by atoms with Crippen LogP contribution in [0, 0.1) is 32.1 Å². The molecule has 6 rings (SSSR count). The van der Waals surface area contributed by atoms with E-state index in [1.165, 1.54) is 0 Å². The van der Waals surface area contributed by atoms with Gasteiger partial charge in [0, 0.05) is 33.2 Å². The summed E-state index contributed by atoms with van der Waals surface area (Å²) < 4.78 is 23.5. The highest BCUT2D eigenvalue weighted by atomic mass is 35.5. The Morgan fingerprint density at radius 1 is 1.00 bits per heavy atom. The molecule has 1 aromatic heterocycles. The second kappa shape index (κ2) is 11.2. The van der Waals surface area contributed by atoms with Crippen LogP contribution in [0.3, 0.4) is 0 Å². The molecule has 8 heteroatoms. The Labute approximate surface area is 253 Å². The fourth-order valence-corrected chi connectivity index (χ4v) is 5.73. The van der Waals surface area contributed by atoms with Crippen molar-refractivity contribution in [2.45, 2.75) is 33.3 Å². The molecule has 0 fully saturated rings. The predicted molar refractivity (Wildman–Crippen MR) is 163 cm³/mol. The number of halogens is 1. The van der Waals surface area contributed by atoms with Crippen molar-refractivity contribution in [3.8, 4) is 23.3 Å². The number of hydrogen-bond acceptors (Lipinski definition) is 7. The molecule has 0 amide bonds. The van der Waals surface area contributed by atoms with Crippen LogP contribution < -0.4 is 19.9 Å². The Morgan fingerprint density at radius 2 is 1.81 bits per heavy atom. The zero-order valence-electron chi connectivity index (χ0n) is 23.7. The van der Waals surface area contributed by atoms with Gasteiger partial charge >= 0.3 is 5.97 Å². The molecule has 7 nitrogen and oxygen atoms in total. The molecule has 0 saturated heterocycles. The number of carbonyl (C=O) groups is 1. The lowest BCUT2D eigenvalue weighted by Gasteiger charge is -2.27. The van der Waals surface area contributed by atoms with E-state index in [-0.39, 0.29) is 29.6 Å². The smallest absolute Gasteiger partial charge is 0.379 e. The van der Waals surface area contributed by atoms with Crippen molar-refractivity contribution >= 4 is 28.5 Å². The van der Waals surface area contributed by atoms with Gasteiger partial charge in [-0.05, 0) is 67.8 Å². The summed E-state index contributed by atoms with van der Waals surface area (Å²) >= 11 is 6.28. The van der Waals surface area contributed by atoms with E-state index in [1.807, 2.05) is 81.4 Å². The minimum atomic E-state index is -0.623. The first kappa shape index (κ1) is 28.0. The van der Waals surface area contributed by atoms with Gasteiger partial charge in [0.25, 0.3) is 0 Å². The first-order chi connectivity index (χ1) is 20.7. The zero-order chi connectivity index (χ0) is 30.2. The number of hydrogen-bond donors (Lipinski definition) is 1. The molecule has 2 N–H and O–H groups in total. The van der Waals surface area contributed by atoms with Crippen LogP contribution in [0.4, 0.5) is 0 Å². The summed E-state index contributed by atoms with van der Waals surface area (Å²) in [6, 6.07) is 26.1. The number of esters is 1. The van der Waals surface area contributed by atoms with Crippen LogP contribution in [-0.2, 0) is 6.61 Å². The SMILES string of the molecule is Cc1cc(C)c2c(C)c(C(=O)Oc3ccc4c(c3)OC(N)=C(C#N)C4c3cccc(OCc4ccccc4Cl)c3)oc2c1. The minimum Gasteiger partial charge on any atom is -0.489 e. The lowest BCUT2D eigenvalue weighted by atomic mass is 9.83. The molecule has 0 bridgehead atoms. The molecule has 5 aromatic rings. The summed E-state index contributed by atoms with van der Waals surface area (Å²) in [6.45, 7) is 6.09. The average molecular weight is 591 g/mol. The van der Waals surface area contributed by atoms with Crippen molar-refractivity contribution in [2.24, 2.45) is 5.73 Å². The normalized spacial score (nSPS) is 14.2. The number of fused-ring (bicyclic) bond motifs is 2. The highest BCUT2D eigenvalue weighted by Crippen LogP contribution is 2.44. The predicted octanol–water partition coefficient (Wildman–Crippen LogP) is 8.03. The number of benzene rings is 4. The maximum Gasteiger partial charge on any atom is 0.379 e. The third-order valence-corrected chi connectivity index (χ3v) is 7.87. The van der Waals surface area contributed by atoms with Gasteiger partial charge in [-0.15, -0.1) is 0 Å². The van der Waals surface area contributed by atoms with Gasteiger partial charge in [-0.1, -0.05) is 54.1 Å². The van der Waals surface area contributed by atoms with Crippen LogP contribution in [-0.4, -0.2) is 5.97 Å². The summed E-state index contributed by atoms with van der Waals surface area (Å²) in [6.07, 6.45) is 0. The highest BCUT2D eigenvalue weighted by molar-refractivity contribution is 6.31. The number of ether oxygens (including phenoxy) is 3. The molecule has 214 valence electrons. The summed E-state index contributed by atoms with van der Waals surface area (Å²) in [5.41, 5.74) is 12.2. The second-order valence-corrected chi connectivity index (χ2v) is 10.9. The first-order valence-electron chi connectivity index (χ1n) is 13.6. The van der Waals surface area contributed by atoms with Crippen LogP contribution in [0.1, 0.15) is 49.9 Å². The fourth-order valence-electron chi connectivity index (χ4n) is 5.54. The number of nitrogens with zero attached hydrogens (tertiary/aromatic N) is 1. The third kappa shape index (κ3) is 5.29. The van der Waals surface area contributed by atoms with Crippen molar-refractivity contribution in [2.75, 3.05) is 0 Å². The minimum absolute atomic E-state index is 0.0233. The molecular formula is C35H27ClN2O5. The number of aryl methyl sites for hydroxylation is 3. The maximum absolute atomic E-state index is 13.2. The maximum atomic E-state index is 13.2. The molecule has 1 aliphatic heterocycles. The number of nitrogens with two attached hydrogens (primary N) is 1. The Morgan fingerprint density at radius 3 is 2.60 bits per heavy atom. The van der Waals surface area contributed by atoms with Gasteiger partial charge in [-0.25, -0.2) is 4.79 Å². The molecule has 4 aromatic carbocycles. The van der Waals surface area contributed by atoms with E-state index in [0.29, 0.717) is 33.2 Å². The lowest BCUT2D eigenvalue weighted by molar-refractivity contribution is 0.0702. The Hall–Kier alpha value is -5.19. The Balaban J connectivity index is 1.29. The van der Waals surface area contributed by atoms with Crippen LogP contribution in [0.2, 0.25) is 5.02 Å². The molecule has 0 spiro atoms. The quantitative estimate of drug-likeness (QED) is 0.157. The fraction of sp³-hybridized carbons (Fsp3) is 0.143. The van der Waals surface area contributed by atoms with E-state index in [4.69, 9.17) is 36.0 Å². The molecule has 43 heavy (non-hydrogen) atoms. The standard InChI is InChI=1S/C35H27ClN2O5/c1-19-13-20(2)31-21(3)33(42-30(31)14-19)35(39)41-25-11-12-26-29(16-25)43-34(38)27(17-37)32(26)22-8-6-9-24(15-22)40-18-23-7-4-5-10-28(23)36/h4-16,32H,18,38H2,1-3H3. The summed E-state index contributed by atoms with van der Waals surface area (Å²) in [5, 5.41) is 11.5. The van der Waals surface area contributed by atoms with E-state index < -0.39 is 11.9 Å². The Kier molecular flexibility index (Phi) is 7.31. The molecule has 0 aliphatic carbocycles. The molecule has 1 aliphatic rings. The van der Waals surface area contributed by atoms with Crippen LogP contribution >= 0.6 is 11.6 Å². The second-order valence-electron chi connectivity index (χ2n) is 10.5. The van der Waals surface area contributed by atoms with Gasteiger partial charge in [0.2, 0.25) is 11.6 Å². The van der Waals surface area contributed by atoms with Gasteiger partial charge < -0.3 is 24.4 Å². The molecule has 0 radical (unpaired) electrons. The van der Waals surface area contributed by atoms with Crippen molar-refractivity contribution in [1.82, 2.24) is 0 Å².